The molecule has 2 aromatic rings. The van der Waals surface area contributed by atoms with Gasteiger partial charge in [0.25, 0.3) is 0 Å². The lowest BCUT2D eigenvalue weighted by Gasteiger charge is -2.38. The van der Waals surface area contributed by atoms with E-state index in [-0.39, 0.29) is 30.1 Å². The summed E-state index contributed by atoms with van der Waals surface area (Å²) in [4.78, 5) is 38.0. The number of alkyl halides is 3. The fourth-order valence-electron chi connectivity index (χ4n) is 3.96. The van der Waals surface area contributed by atoms with Crippen LogP contribution in [0.25, 0.3) is 11.3 Å². The molecule has 13 heteroatoms. The lowest BCUT2D eigenvalue weighted by atomic mass is 10.1. The second-order valence-electron chi connectivity index (χ2n) is 10.0. The highest BCUT2D eigenvalue weighted by molar-refractivity contribution is 5.77. The molecule has 4 rings (SSSR count). The summed E-state index contributed by atoms with van der Waals surface area (Å²) in [5.74, 6) is -0.174. The predicted molar refractivity (Wildman–Crippen MR) is 124 cm³/mol. The zero-order chi connectivity index (χ0) is 26.3. The monoisotopic (exact) mass is 509 g/mol. The number of nitrogens with zero attached hydrogens (tertiary/aromatic N) is 7. The van der Waals surface area contributed by atoms with Crippen molar-refractivity contribution < 1.29 is 27.5 Å². The second-order valence-corrected chi connectivity index (χ2v) is 10.0. The zero-order valence-electron chi connectivity index (χ0n) is 20.7. The number of amides is 2. The largest absolute Gasteiger partial charge is 0.444 e. The topological polar surface area (TPSA) is 96.7 Å². The van der Waals surface area contributed by atoms with Gasteiger partial charge in [-0.1, -0.05) is 0 Å². The van der Waals surface area contributed by atoms with Crippen LogP contribution in [0.15, 0.2) is 18.5 Å². The smallest absolute Gasteiger partial charge is 0.433 e. The third kappa shape index (κ3) is 5.88. The number of hydrogen-bond acceptors (Lipinski definition) is 7. The maximum absolute atomic E-state index is 13.5. The molecule has 2 amide bonds. The van der Waals surface area contributed by atoms with Crippen molar-refractivity contribution in [1.29, 1.82) is 0 Å². The molecule has 0 saturated carbocycles. The summed E-state index contributed by atoms with van der Waals surface area (Å²) in [7, 11) is 0. The summed E-state index contributed by atoms with van der Waals surface area (Å²) < 4.78 is 47.2. The third-order valence-electron chi connectivity index (χ3n) is 6.09. The van der Waals surface area contributed by atoms with Gasteiger partial charge in [0.15, 0.2) is 5.69 Å². The van der Waals surface area contributed by atoms with Gasteiger partial charge in [0.1, 0.15) is 12.1 Å². The van der Waals surface area contributed by atoms with Crippen LogP contribution in [-0.4, -0.2) is 85.9 Å². The van der Waals surface area contributed by atoms with Crippen molar-refractivity contribution in [3.05, 3.63) is 24.2 Å². The lowest BCUT2D eigenvalue weighted by Crippen LogP contribution is -2.52. The minimum absolute atomic E-state index is 0.0326. The number of hydrogen-bond donors (Lipinski definition) is 0. The minimum Gasteiger partial charge on any atom is -0.444 e. The second kappa shape index (κ2) is 9.58. The Bertz CT molecular complexity index is 1120. The van der Waals surface area contributed by atoms with E-state index in [0.29, 0.717) is 38.3 Å². The Morgan fingerprint density at radius 1 is 1.06 bits per heavy atom. The van der Waals surface area contributed by atoms with Crippen LogP contribution >= 0.6 is 0 Å². The van der Waals surface area contributed by atoms with Gasteiger partial charge in [-0.25, -0.2) is 14.8 Å². The average Bonchev–Trinajstić information content (AvgIpc) is 3.24. The summed E-state index contributed by atoms with van der Waals surface area (Å²) in [5.41, 5.74) is -1.16. The summed E-state index contributed by atoms with van der Waals surface area (Å²) in [6, 6.07) is 0.963. The van der Waals surface area contributed by atoms with Crippen LogP contribution in [0.1, 0.15) is 39.8 Å². The van der Waals surface area contributed by atoms with Crippen LogP contribution in [0, 0.1) is 0 Å². The zero-order valence-corrected chi connectivity index (χ0v) is 20.7. The molecule has 0 aromatic carbocycles. The molecule has 0 N–H and O–H groups in total. The van der Waals surface area contributed by atoms with Gasteiger partial charge < -0.3 is 19.4 Å². The summed E-state index contributed by atoms with van der Waals surface area (Å²) in [5, 5.41) is 4.16. The Balaban J connectivity index is 1.41. The summed E-state index contributed by atoms with van der Waals surface area (Å²) in [6.45, 7) is 9.20. The molecule has 2 fully saturated rings. The van der Waals surface area contributed by atoms with E-state index in [1.807, 2.05) is 6.92 Å². The Labute approximate surface area is 207 Å². The molecule has 2 saturated heterocycles. The van der Waals surface area contributed by atoms with Crippen LogP contribution in [0.2, 0.25) is 0 Å². The fourth-order valence-corrected chi connectivity index (χ4v) is 3.96. The maximum Gasteiger partial charge on any atom is 0.433 e. The first-order chi connectivity index (χ1) is 16.8. The Morgan fingerprint density at radius 2 is 1.72 bits per heavy atom. The van der Waals surface area contributed by atoms with Crippen LogP contribution < -0.4 is 4.90 Å². The molecule has 0 radical (unpaired) electrons. The molecular weight excluding hydrogens is 479 g/mol. The summed E-state index contributed by atoms with van der Waals surface area (Å²) in [6.07, 6.45) is -1.28. The van der Waals surface area contributed by atoms with Crippen LogP contribution in [0.3, 0.4) is 0 Å². The SMILES string of the molecule is C[C@H]1CCN1c1nc(-c2cnn(CC(=O)N3CCN(C(=O)OC(C)(C)C)CC3)c2)cc(C(F)(F)F)n1. The van der Waals surface area contributed by atoms with E-state index in [1.54, 1.807) is 35.5 Å². The average molecular weight is 510 g/mol. The first kappa shape index (κ1) is 25.7. The molecule has 4 heterocycles. The molecule has 0 spiro atoms. The number of carbonyl (C=O) groups excluding carboxylic acids is 2. The lowest BCUT2D eigenvalue weighted by molar-refractivity contribution is -0.141. The molecule has 0 unspecified atom stereocenters. The third-order valence-corrected chi connectivity index (χ3v) is 6.09. The Morgan fingerprint density at radius 3 is 2.28 bits per heavy atom. The quantitative estimate of drug-likeness (QED) is 0.625. The van der Waals surface area contributed by atoms with Gasteiger partial charge in [-0.15, -0.1) is 0 Å². The van der Waals surface area contributed by atoms with Gasteiger partial charge in [-0.2, -0.15) is 18.3 Å². The van der Waals surface area contributed by atoms with E-state index in [0.717, 1.165) is 12.5 Å². The first-order valence-corrected chi connectivity index (χ1v) is 11.8. The van der Waals surface area contributed by atoms with Gasteiger partial charge in [0, 0.05) is 50.5 Å². The number of piperazine rings is 1. The number of rotatable bonds is 4. The van der Waals surface area contributed by atoms with Gasteiger partial charge in [-0.3, -0.25) is 9.48 Å². The van der Waals surface area contributed by atoms with E-state index in [1.165, 1.54) is 17.1 Å². The molecule has 0 aliphatic carbocycles. The summed E-state index contributed by atoms with van der Waals surface area (Å²) >= 11 is 0. The van der Waals surface area contributed by atoms with Crippen molar-refractivity contribution in [3.8, 4) is 11.3 Å². The molecule has 196 valence electrons. The Hall–Kier alpha value is -3.38. The normalized spacial score (nSPS) is 18.8. The van der Waals surface area contributed by atoms with Crippen LogP contribution in [-0.2, 0) is 22.3 Å². The maximum atomic E-state index is 13.5. The van der Waals surface area contributed by atoms with Crippen molar-refractivity contribution in [2.24, 2.45) is 0 Å². The van der Waals surface area contributed by atoms with Gasteiger partial charge >= 0.3 is 12.3 Å². The molecule has 2 aliphatic rings. The van der Waals surface area contributed by atoms with Crippen molar-refractivity contribution in [1.82, 2.24) is 29.5 Å². The standard InChI is InChI=1S/C23H30F3N7O3/c1-15-5-6-33(15)20-28-17(11-18(29-20)23(24,25)26)16-12-27-32(13-16)14-19(34)30-7-9-31(10-8-30)21(35)36-22(2,3)4/h11-13,15H,5-10,14H2,1-4H3/t15-/m0/s1. The van der Waals surface area contributed by atoms with E-state index in [9.17, 15) is 22.8 Å². The number of halogens is 3. The highest BCUT2D eigenvalue weighted by atomic mass is 19.4. The van der Waals surface area contributed by atoms with Gasteiger partial charge in [-0.05, 0) is 40.2 Å². The predicted octanol–water partition coefficient (Wildman–Crippen LogP) is 3.04. The molecule has 0 bridgehead atoms. The fraction of sp³-hybridized carbons (Fsp3) is 0.609. The van der Waals surface area contributed by atoms with E-state index in [4.69, 9.17) is 4.74 Å². The van der Waals surface area contributed by atoms with Gasteiger partial charge in [0.05, 0.1) is 11.9 Å². The minimum atomic E-state index is -4.62. The van der Waals surface area contributed by atoms with Crippen molar-refractivity contribution in [2.75, 3.05) is 37.6 Å². The number of anilines is 1. The van der Waals surface area contributed by atoms with Crippen LogP contribution in [0.5, 0.6) is 0 Å². The van der Waals surface area contributed by atoms with Crippen molar-refractivity contribution in [3.63, 3.8) is 0 Å². The number of carbonyl (C=O) groups is 2. The number of ether oxygens (including phenoxy) is 1. The molecule has 36 heavy (non-hydrogen) atoms. The Kier molecular flexibility index (Phi) is 6.84. The van der Waals surface area contributed by atoms with Crippen molar-refractivity contribution >= 4 is 17.9 Å². The molecule has 1 atom stereocenters. The van der Waals surface area contributed by atoms with E-state index >= 15 is 0 Å². The highest BCUT2D eigenvalue weighted by Gasteiger charge is 2.36. The van der Waals surface area contributed by atoms with Crippen LogP contribution in [0.4, 0.5) is 23.9 Å². The van der Waals surface area contributed by atoms with E-state index in [2.05, 4.69) is 15.1 Å². The first-order valence-electron chi connectivity index (χ1n) is 11.8. The molecule has 2 aromatic heterocycles. The van der Waals surface area contributed by atoms with Gasteiger partial charge in [0.2, 0.25) is 11.9 Å². The van der Waals surface area contributed by atoms with Crippen molar-refractivity contribution in [2.45, 2.75) is 58.5 Å². The highest BCUT2D eigenvalue weighted by Crippen LogP contribution is 2.33. The molecule has 2 aliphatic heterocycles. The molecular formula is C23H30F3N7O3. The number of aromatic nitrogens is 4. The van der Waals surface area contributed by atoms with E-state index < -0.39 is 23.6 Å². The molecule has 10 nitrogen and oxygen atoms in total.